The van der Waals surface area contributed by atoms with Gasteiger partial charge in [0.1, 0.15) is 11.8 Å². The minimum Gasteiger partial charge on any atom is -0.497 e. The van der Waals surface area contributed by atoms with Crippen LogP contribution in [0.5, 0.6) is 5.75 Å². The Hall–Kier alpha value is -2.94. The van der Waals surface area contributed by atoms with Crippen LogP contribution in [0, 0.1) is 0 Å². The van der Waals surface area contributed by atoms with E-state index in [1.165, 1.54) is 11.3 Å². The number of anilines is 1. The normalized spacial score (nSPS) is 16.5. The lowest BCUT2D eigenvalue weighted by molar-refractivity contribution is -0.129. The van der Waals surface area contributed by atoms with Crippen LogP contribution >= 0.6 is 11.3 Å². The molecule has 26 heavy (non-hydrogen) atoms. The van der Waals surface area contributed by atoms with Gasteiger partial charge in [-0.3, -0.25) is 14.5 Å². The molecule has 2 aromatic rings. The summed E-state index contributed by atoms with van der Waals surface area (Å²) < 4.78 is 5.10. The summed E-state index contributed by atoms with van der Waals surface area (Å²) in [6.45, 7) is 0.252. The zero-order valence-electron chi connectivity index (χ0n) is 14.1. The van der Waals surface area contributed by atoms with Gasteiger partial charge in [0.05, 0.1) is 13.5 Å². The van der Waals surface area contributed by atoms with Crippen molar-refractivity contribution >= 4 is 34.3 Å². The van der Waals surface area contributed by atoms with E-state index in [0.717, 1.165) is 16.2 Å². The van der Waals surface area contributed by atoms with Crippen LogP contribution in [0.3, 0.4) is 0 Å². The molecule has 9 heteroatoms. The molecule has 0 bridgehead atoms. The van der Waals surface area contributed by atoms with E-state index in [2.05, 4.69) is 15.6 Å². The number of hydrogen-bond acceptors (Lipinski definition) is 6. The Bertz CT molecular complexity index is 792. The van der Waals surface area contributed by atoms with Crippen molar-refractivity contribution in [2.75, 3.05) is 19.0 Å². The second-order valence-corrected chi connectivity index (χ2v) is 6.57. The fourth-order valence-electron chi connectivity index (χ4n) is 2.60. The third-order valence-corrected chi connectivity index (χ3v) is 4.65. The van der Waals surface area contributed by atoms with Gasteiger partial charge in [-0.05, 0) is 24.1 Å². The summed E-state index contributed by atoms with van der Waals surface area (Å²) >= 11 is 1.28. The third kappa shape index (κ3) is 4.17. The average molecular weight is 374 g/mol. The lowest BCUT2D eigenvalue weighted by Crippen LogP contribution is -2.34. The Balaban J connectivity index is 1.53. The van der Waals surface area contributed by atoms with Gasteiger partial charge in [-0.1, -0.05) is 12.1 Å². The van der Waals surface area contributed by atoms with Gasteiger partial charge in [-0.15, -0.1) is 11.3 Å². The molecule has 2 heterocycles. The van der Waals surface area contributed by atoms with Crippen molar-refractivity contribution in [2.24, 2.45) is 0 Å². The van der Waals surface area contributed by atoms with Crippen molar-refractivity contribution in [2.45, 2.75) is 18.9 Å². The number of nitrogens with one attached hydrogen (secondary N) is 2. The Kier molecular flexibility index (Phi) is 5.47. The van der Waals surface area contributed by atoms with Gasteiger partial charge >= 0.3 is 6.03 Å². The van der Waals surface area contributed by atoms with Crippen LogP contribution in [0.25, 0.3) is 0 Å². The molecule has 1 saturated heterocycles. The molecule has 1 atom stereocenters. The molecule has 3 rings (SSSR count). The number of urea groups is 1. The summed E-state index contributed by atoms with van der Waals surface area (Å²) in [6, 6.07) is 6.10. The second-order valence-electron chi connectivity index (χ2n) is 5.68. The summed E-state index contributed by atoms with van der Waals surface area (Å²) in [4.78, 5) is 41.5. The first-order valence-corrected chi connectivity index (χ1v) is 8.89. The van der Waals surface area contributed by atoms with Gasteiger partial charge in [0.2, 0.25) is 5.91 Å². The van der Waals surface area contributed by atoms with Crippen LogP contribution in [0.4, 0.5) is 9.93 Å². The number of hydrogen-bond donors (Lipinski definition) is 2. The van der Waals surface area contributed by atoms with Crippen LogP contribution in [0.2, 0.25) is 0 Å². The van der Waals surface area contributed by atoms with Gasteiger partial charge < -0.3 is 15.4 Å². The number of nitrogens with zero attached hydrogens (tertiary/aromatic N) is 2. The summed E-state index contributed by atoms with van der Waals surface area (Å²) in [5, 5.41) is 7.36. The van der Waals surface area contributed by atoms with Crippen molar-refractivity contribution in [1.82, 2.24) is 15.2 Å². The SMILES string of the molecule is COc1ccc(CCN2C(=O)NC(CC(=O)Nc3nccs3)C2=O)cc1. The molecule has 0 radical (unpaired) electrons. The van der Waals surface area contributed by atoms with E-state index in [4.69, 9.17) is 4.74 Å². The number of carbonyl (C=O) groups is 3. The fourth-order valence-corrected chi connectivity index (χ4v) is 3.15. The molecule has 0 spiro atoms. The highest BCUT2D eigenvalue weighted by Crippen LogP contribution is 2.16. The number of thiazole rings is 1. The lowest BCUT2D eigenvalue weighted by atomic mass is 10.1. The molecule has 1 aliphatic heterocycles. The molecule has 2 N–H and O–H groups in total. The van der Waals surface area contributed by atoms with Crippen molar-refractivity contribution in [3.63, 3.8) is 0 Å². The Morgan fingerprint density at radius 1 is 1.35 bits per heavy atom. The number of rotatable bonds is 7. The van der Waals surface area contributed by atoms with Gasteiger partial charge in [0, 0.05) is 18.1 Å². The van der Waals surface area contributed by atoms with E-state index < -0.39 is 18.0 Å². The minimum atomic E-state index is -0.849. The number of benzene rings is 1. The molecule has 0 saturated carbocycles. The monoisotopic (exact) mass is 374 g/mol. The van der Waals surface area contributed by atoms with Crippen LogP contribution in [-0.2, 0) is 16.0 Å². The molecule has 136 valence electrons. The average Bonchev–Trinajstić information content (AvgIpc) is 3.22. The molecule has 1 aromatic carbocycles. The van der Waals surface area contributed by atoms with Crippen LogP contribution in [0.1, 0.15) is 12.0 Å². The van der Waals surface area contributed by atoms with Gasteiger partial charge in [0.15, 0.2) is 5.13 Å². The molecule has 1 aliphatic rings. The molecule has 8 nitrogen and oxygen atoms in total. The van der Waals surface area contributed by atoms with E-state index in [0.29, 0.717) is 11.6 Å². The number of amides is 4. The first kappa shape index (κ1) is 17.9. The largest absolute Gasteiger partial charge is 0.497 e. The van der Waals surface area contributed by atoms with E-state index in [9.17, 15) is 14.4 Å². The molecule has 4 amide bonds. The first-order chi connectivity index (χ1) is 12.6. The maximum Gasteiger partial charge on any atom is 0.324 e. The standard InChI is InChI=1S/C17H18N4O4S/c1-25-12-4-2-11(3-5-12)6-8-21-15(23)13(19-17(21)24)10-14(22)20-16-18-7-9-26-16/h2-5,7,9,13H,6,8,10H2,1H3,(H,19,24)(H,18,20,22). The summed E-state index contributed by atoms with van der Waals surface area (Å²) in [6.07, 6.45) is 1.98. The molecule has 0 aliphatic carbocycles. The number of ether oxygens (including phenoxy) is 1. The van der Waals surface area contributed by atoms with Crippen LogP contribution < -0.4 is 15.4 Å². The quantitative estimate of drug-likeness (QED) is 0.718. The van der Waals surface area contributed by atoms with Gasteiger partial charge in [0.25, 0.3) is 5.91 Å². The maximum atomic E-state index is 12.4. The highest BCUT2D eigenvalue weighted by Gasteiger charge is 2.38. The lowest BCUT2D eigenvalue weighted by Gasteiger charge is -2.13. The number of aromatic nitrogens is 1. The van der Waals surface area contributed by atoms with E-state index in [-0.39, 0.29) is 18.9 Å². The zero-order valence-corrected chi connectivity index (χ0v) is 14.9. The van der Waals surface area contributed by atoms with Crippen molar-refractivity contribution < 1.29 is 19.1 Å². The minimum absolute atomic E-state index is 0.122. The Labute approximate surface area is 154 Å². The van der Waals surface area contributed by atoms with Crippen molar-refractivity contribution in [3.05, 3.63) is 41.4 Å². The van der Waals surface area contributed by atoms with E-state index in [1.54, 1.807) is 18.7 Å². The number of methoxy groups -OCH3 is 1. The zero-order chi connectivity index (χ0) is 18.5. The maximum absolute atomic E-state index is 12.4. The predicted octanol–water partition coefficient (Wildman–Crippen LogP) is 1.64. The number of imide groups is 1. The van der Waals surface area contributed by atoms with Crippen molar-refractivity contribution in [3.8, 4) is 5.75 Å². The van der Waals surface area contributed by atoms with E-state index >= 15 is 0 Å². The van der Waals surface area contributed by atoms with Crippen LogP contribution in [0.15, 0.2) is 35.8 Å². The summed E-state index contributed by atoms with van der Waals surface area (Å²) in [7, 11) is 1.59. The highest BCUT2D eigenvalue weighted by atomic mass is 32.1. The first-order valence-electron chi connectivity index (χ1n) is 8.01. The molecule has 1 unspecified atom stereocenters. The molecular formula is C17H18N4O4S. The van der Waals surface area contributed by atoms with Gasteiger partial charge in [-0.2, -0.15) is 0 Å². The Morgan fingerprint density at radius 2 is 2.12 bits per heavy atom. The third-order valence-electron chi connectivity index (χ3n) is 3.96. The summed E-state index contributed by atoms with van der Waals surface area (Å²) in [5.41, 5.74) is 0.983. The highest BCUT2D eigenvalue weighted by molar-refractivity contribution is 7.13. The van der Waals surface area contributed by atoms with Crippen LogP contribution in [-0.4, -0.2) is 47.4 Å². The second kappa shape index (κ2) is 7.96. The molecule has 1 fully saturated rings. The van der Waals surface area contributed by atoms with Crippen molar-refractivity contribution in [1.29, 1.82) is 0 Å². The predicted molar refractivity (Wildman–Crippen MR) is 96.1 cm³/mol. The summed E-state index contributed by atoms with van der Waals surface area (Å²) in [5.74, 6) is -0.0107. The fraction of sp³-hybridized carbons (Fsp3) is 0.294. The topological polar surface area (TPSA) is 101 Å². The Morgan fingerprint density at radius 3 is 2.77 bits per heavy atom. The molecular weight excluding hydrogens is 356 g/mol. The molecule has 1 aromatic heterocycles. The van der Waals surface area contributed by atoms with Gasteiger partial charge in [-0.25, -0.2) is 9.78 Å². The smallest absolute Gasteiger partial charge is 0.324 e. The number of carbonyl (C=O) groups excluding carboxylic acids is 3. The van der Waals surface area contributed by atoms with E-state index in [1.807, 2.05) is 24.3 Å².